The number of piperidine rings is 1. The summed E-state index contributed by atoms with van der Waals surface area (Å²) in [5.74, 6) is -4.17. The van der Waals surface area contributed by atoms with Crippen LogP contribution < -0.4 is 16.0 Å². The number of rotatable bonds is 12. The highest BCUT2D eigenvalue weighted by Gasteiger charge is 2.70. The first-order chi connectivity index (χ1) is 18.7. The number of carbonyl (C=O) groups is 6. The summed E-state index contributed by atoms with van der Waals surface area (Å²) in [6.07, 6.45) is 0.877. The maximum absolute atomic E-state index is 13.9. The summed E-state index contributed by atoms with van der Waals surface area (Å²) in [5, 5.41) is 16.4. The third-order valence-corrected chi connectivity index (χ3v) is 7.67. The minimum absolute atomic E-state index is 0.0472. The second kappa shape index (κ2) is 12.6. The molecule has 0 radical (unpaired) electrons. The summed E-state index contributed by atoms with van der Waals surface area (Å²) < 4.78 is 5.38. The van der Waals surface area contributed by atoms with E-state index in [9.17, 15) is 28.8 Å². The molecule has 0 aromatic rings. The lowest BCUT2D eigenvalue weighted by molar-refractivity contribution is -0.145. The van der Waals surface area contributed by atoms with Gasteiger partial charge in [0.05, 0.1) is 12.5 Å². The van der Waals surface area contributed by atoms with Crippen LogP contribution in [0.2, 0.25) is 0 Å². The van der Waals surface area contributed by atoms with Gasteiger partial charge in [0.15, 0.2) is 0 Å². The summed E-state index contributed by atoms with van der Waals surface area (Å²) in [7, 11) is 0. The zero-order valence-corrected chi connectivity index (χ0v) is 25.5. The summed E-state index contributed by atoms with van der Waals surface area (Å²) in [5.41, 5.74) is -1.71. The van der Waals surface area contributed by atoms with Crippen LogP contribution in [0.5, 0.6) is 0 Å². The van der Waals surface area contributed by atoms with Crippen molar-refractivity contribution in [2.24, 2.45) is 22.7 Å². The molecule has 0 aromatic heterocycles. The van der Waals surface area contributed by atoms with Gasteiger partial charge in [0.25, 0.3) is 5.91 Å². The van der Waals surface area contributed by atoms with Crippen LogP contribution in [0.3, 0.4) is 0 Å². The predicted molar refractivity (Wildman–Crippen MR) is 151 cm³/mol. The lowest BCUT2D eigenvalue weighted by Gasteiger charge is -2.38. The number of ketones is 1. The van der Waals surface area contributed by atoms with Gasteiger partial charge < -0.3 is 30.7 Å². The Kier molecular flexibility index (Phi) is 10.4. The van der Waals surface area contributed by atoms with Gasteiger partial charge in [-0.2, -0.15) is 0 Å². The SMILES string of the molecule is C=CCCC(NC(=O)[C@@H]1C2[C@H](CN1C(=O)[C@@H](NC(=O)OC(C)(C)C)C(C)(C)C)C2(C)C)C(=O)C(=O)NCCC(=O)O. The number of nitrogens with one attached hydrogen (secondary N) is 3. The Balaban J connectivity index is 2.29. The molecule has 230 valence electrons. The Morgan fingerprint density at radius 2 is 1.68 bits per heavy atom. The van der Waals surface area contributed by atoms with Crippen molar-refractivity contribution in [2.45, 2.75) is 98.4 Å². The quantitative estimate of drug-likeness (QED) is 0.201. The van der Waals surface area contributed by atoms with E-state index >= 15 is 0 Å². The van der Waals surface area contributed by atoms with Gasteiger partial charge in [0, 0.05) is 13.1 Å². The van der Waals surface area contributed by atoms with Crippen molar-refractivity contribution in [3.05, 3.63) is 12.7 Å². The molecule has 0 bridgehead atoms. The van der Waals surface area contributed by atoms with Crippen LogP contribution in [0.25, 0.3) is 0 Å². The molecule has 2 fully saturated rings. The Morgan fingerprint density at radius 1 is 1.07 bits per heavy atom. The van der Waals surface area contributed by atoms with Crippen LogP contribution in [-0.4, -0.2) is 82.4 Å². The van der Waals surface area contributed by atoms with Gasteiger partial charge in [-0.15, -0.1) is 6.58 Å². The minimum atomic E-state index is -1.19. The Hall–Kier alpha value is -3.44. The summed E-state index contributed by atoms with van der Waals surface area (Å²) in [6.45, 7) is 18.3. The highest BCUT2D eigenvalue weighted by molar-refractivity contribution is 6.38. The predicted octanol–water partition coefficient (Wildman–Crippen LogP) is 2.02. The highest BCUT2D eigenvalue weighted by atomic mass is 16.6. The molecule has 2 unspecified atom stereocenters. The number of nitrogens with zero attached hydrogens (tertiary/aromatic N) is 1. The van der Waals surface area contributed by atoms with Gasteiger partial charge in [-0.25, -0.2) is 4.79 Å². The maximum Gasteiger partial charge on any atom is 0.408 e. The van der Waals surface area contributed by atoms with Gasteiger partial charge in [-0.1, -0.05) is 40.7 Å². The van der Waals surface area contributed by atoms with E-state index in [1.54, 1.807) is 47.6 Å². The molecule has 2 aliphatic rings. The van der Waals surface area contributed by atoms with Crippen molar-refractivity contribution in [1.29, 1.82) is 0 Å². The van der Waals surface area contributed by atoms with Crippen molar-refractivity contribution in [3.63, 3.8) is 0 Å². The van der Waals surface area contributed by atoms with Gasteiger partial charge in [-0.3, -0.25) is 24.0 Å². The molecule has 1 heterocycles. The Bertz CT molecular complexity index is 1070. The molecule has 2 rings (SSSR count). The second-order valence-corrected chi connectivity index (χ2v) is 13.5. The van der Waals surface area contributed by atoms with Crippen molar-refractivity contribution < 1.29 is 38.6 Å². The van der Waals surface area contributed by atoms with Gasteiger partial charge in [0.2, 0.25) is 17.6 Å². The van der Waals surface area contributed by atoms with Crippen LogP contribution in [0.4, 0.5) is 4.79 Å². The number of likely N-dealkylation sites (tertiary alicyclic amines) is 1. The first kappa shape index (κ1) is 33.8. The normalized spacial score (nSPS) is 22.4. The Morgan fingerprint density at radius 3 is 2.20 bits per heavy atom. The van der Waals surface area contributed by atoms with E-state index in [1.165, 1.54) is 4.90 Å². The number of aliphatic carboxylic acids is 1. The number of hydrogen-bond donors (Lipinski definition) is 4. The standard InChI is InChI=1S/C29H46N4O8/c1-10-11-12-17(21(36)24(38)30-14-13-18(34)35)31-23(37)20-19-16(29(19,8)9)15-33(20)25(39)22(27(2,3)4)32-26(40)41-28(5,6)7/h10,16-17,19-20,22H,1,11-15H2,2-9H3,(H,30,38)(H,31,37)(H,32,40)(H,34,35)/t16-,17?,19?,20-,22+/m0/s1. The second-order valence-electron chi connectivity index (χ2n) is 13.5. The van der Waals surface area contributed by atoms with E-state index in [1.807, 2.05) is 13.8 Å². The topological polar surface area (TPSA) is 171 Å². The number of hydrogen-bond acceptors (Lipinski definition) is 7. The summed E-state index contributed by atoms with van der Waals surface area (Å²) in [6, 6.07) is -3.10. The van der Waals surface area contributed by atoms with E-state index in [2.05, 4.69) is 22.5 Å². The van der Waals surface area contributed by atoms with E-state index in [4.69, 9.17) is 9.84 Å². The third-order valence-electron chi connectivity index (χ3n) is 7.67. The van der Waals surface area contributed by atoms with Crippen molar-refractivity contribution in [3.8, 4) is 0 Å². The molecule has 41 heavy (non-hydrogen) atoms. The number of alkyl carbamates (subject to hydrolysis) is 1. The lowest BCUT2D eigenvalue weighted by atomic mass is 9.85. The van der Waals surface area contributed by atoms with Gasteiger partial charge in [-0.05, 0) is 56.3 Å². The van der Waals surface area contributed by atoms with Crippen molar-refractivity contribution in [1.82, 2.24) is 20.9 Å². The Labute approximate surface area is 242 Å². The zero-order chi connectivity index (χ0) is 31.5. The van der Waals surface area contributed by atoms with Crippen molar-refractivity contribution in [2.75, 3.05) is 13.1 Å². The molecule has 1 saturated carbocycles. The molecule has 12 nitrogen and oxygen atoms in total. The van der Waals surface area contributed by atoms with E-state index in [0.29, 0.717) is 13.0 Å². The maximum atomic E-state index is 13.9. The molecule has 1 aliphatic heterocycles. The summed E-state index contributed by atoms with van der Waals surface area (Å²) >= 11 is 0. The van der Waals surface area contributed by atoms with E-state index < -0.39 is 64.7 Å². The van der Waals surface area contributed by atoms with E-state index in [-0.39, 0.29) is 36.6 Å². The molecule has 12 heteroatoms. The number of carbonyl (C=O) groups excluding carboxylic acids is 5. The highest BCUT2D eigenvalue weighted by Crippen LogP contribution is 2.65. The van der Waals surface area contributed by atoms with Crippen LogP contribution in [-0.2, 0) is 28.7 Å². The smallest absolute Gasteiger partial charge is 0.408 e. The van der Waals surface area contributed by atoms with E-state index in [0.717, 1.165) is 0 Å². The zero-order valence-electron chi connectivity index (χ0n) is 25.5. The molecule has 0 spiro atoms. The minimum Gasteiger partial charge on any atom is -0.481 e. The molecular weight excluding hydrogens is 532 g/mol. The van der Waals surface area contributed by atoms with Crippen molar-refractivity contribution >= 4 is 35.6 Å². The third kappa shape index (κ3) is 8.53. The number of ether oxygens (including phenoxy) is 1. The molecule has 4 N–H and O–H groups in total. The molecule has 1 aliphatic carbocycles. The number of amides is 4. The van der Waals surface area contributed by atoms with Crippen LogP contribution >= 0.6 is 0 Å². The fraction of sp³-hybridized carbons (Fsp3) is 0.724. The monoisotopic (exact) mass is 578 g/mol. The summed E-state index contributed by atoms with van der Waals surface area (Å²) in [4.78, 5) is 77.9. The average Bonchev–Trinajstić information content (AvgIpc) is 3.14. The average molecular weight is 579 g/mol. The first-order valence-electron chi connectivity index (χ1n) is 14.0. The number of fused-ring (bicyclic) bond motifs is 1. The van der Waals surface area contributed by atoms with Crippen LogP contribution in [0.15, 0.2) is 12.7 Å². The fourth-order valence-electron chi connectivity index (χ4n) is 5.39. The molecule has 1 saturated heterocycles. The van der Waals surface area contributed by atoms with Crippen LogP contribution in [0.1, 0.15) is 74.7 Å². The number of allylic oxidation sites excluding steroid dienone is 1. The lowest BCUT2D eigenvalue weighted by Crippen LogP contribution is -2.60. The molecule has 4 amide bonds. The number of carboxylic acid groups (broad SMARTS) is 1. The largest absolute Gasteiger partial charge is 0.481 e. The molecule has 5 atom stereocenters. The molecule has 0 aromatic carbocycles. The van der Waals surface area contributed by atoms with Gasteiger partial charge >= 0.3 is 12.1 Å². The van der Waals surface area contributed by atoms with Crippen LogP contribution in [0, 0.1) is 22.7 Å². The fourth-order valence-corrected chi connectivity index (χ4v) is 5.39. The van der Waals surface area contributed by atoms with Gasteiger partial charge in [0.1, 0.15) is 17.7 Å². The first-order valence-corrected chi connectivity index (χ1v) is 14.0. The number of Topliss-reactive ketones (excluding diaryl/α,β-unsaturated/α-hetero) is 1. The number of carboxylic acids is 1. The molecular formula is C29H46N4O8.